The van der Waals surface area contributed by atoms with Crippen LogP contribution in [0.3, 0.4) is 0 Å². The van der Waals surface area contributed by atoms with Gasteiger partial charge in [-0.3, -0.25) is 67.5 Å². The van der Waals surface area contributed by atoms with Crippen LogP contribution in [0.5, 0.6) is 0 Å². The molecule has 1 aliphatic heterocycles. The van der Waals surface area contributed by atoms with E-state index >= 15 is 0 Å². The molecule has 0 fully saturated rings. The highest BCUT2D eigenvalue weighted by Gasteiger charge is 2.38. The molecular weight excluding hydrogens is 1160 g/mol. The van der Waals surface area contributed by atoms with Crippen LogP contribution in [0.2, 0.25) is 0 Å². The summed E-state index contributed by atoms with van der Waals surface area (Å²) in [5.74, 6) is -14.9. The standard InChI is InChI=1S/C58H86N16O15/c1-29(2)21-38(50(82)66-36(19-14-20-64-58(61)62)49(81)67-37(48(60)80)22-33-15-10-8-11-16-33)68-51(83)39(23-34-17-12-9-13-18-34)71-56(88)46(30(3)4)73-53(85)40(24-35-27-63-28-65-35)69-52(84)41(25-43(76)77)72-57(89)47(31(5)6)74-54(86)42(26-44(78)79)70-55(87)45(59)32(7)75/h8-13,15-18,27-32,35-42,45-47,75H,14,19-26,59H2,1-7H3,(H2,60,80)(H,66,82)(H,67,81)(H,68,83)(H,69,84)(H,70,87)(H,71,88)(H,72,89)(H,73,85)(H,74,86)(H,76,77)(H,78,79)(H4,61,62,64). The number of nitrogens with zero attached hydrogens (tertiary/aromatic N) is 3. The van der Waals surface area contributed by atoms with Gasteiger partial charge in [-0.15, -0.1) is 0 Å². The van der Waals surface area contributed by atoms with Crippen LogP contribution in [0.1, 0.15) is 98.1 Å². The zero-order valence-corrected chi connectivity index (χ0v) is 50.8. The Morgan fingerprint density at radius 1 is 0.517 bits per heavy atom. The van der Waals surface area contributed by atoms with Crippen LogP contribution in [0.4, 0.5) is 0 Å². The van der Waals surface area contributed by atoms with Crippen LogP contribution in [-0.2, 0) is 70.4 Å². The Morgan fingerprint density at radius 3 is 1.37 bits per heavy atom. The number of aliphatic hydroxyl groups is 1. The summed E-state index contributed by atoms with van der Waals surface area (Å²) in [6, 6.07) is 1.17. The van der Waals surface area contributed by atoms with Crippen molar-refractivity contribution in [2.24, 2.45) is 55.7 Å². The first-order valence-electron chi connectivity index (χ1n) is 28.9. The molecular formula is C58H86N16O15. The zero-order valence-electron chi connectivity index (χ0n) is 50.8. The first-order chi connectivity index (χ1) is 41.9. The van der Waals surface area contributed by atoms with Gasteiger partial charge in [0.15, 0.2) is 5.96 Å². The number of rotatable bonds is 38. The van der Waals surface area contributed by atoms with Crippen molar-refractivity contribution in [1.82, 2.24) is 47.9 Å². The Kier molecular flexibility index (Phi) is 30.4. The minimum Gasteiger partial charge on any atom is -0.481 e. The van der Waals surface area contributed by atoms with E-state index in [1.54, 1.807) is 88.4 Å². The second kappa shape index (κ2) is 36.7. The number of carboxylic acids is 2. The summed E-state index contributed by atoms with van der Waals surface area (Å²) in [4.78, 5) is 175. The maximum atomic E-state index is 14.6. The van der Waals surface area contributed by atoms with Gasteiger partial charge in [-0.05, 0) is 55.1 Å². The number of guanidine groups is 1. The number of aliphatic hydroxyl groups excluding tert-OH is 1. The molecule has 2 aromatic rings. The lowest BCUT2D eigenvalue weighted by Gasteiger charge is -2.30. The summed E-state index contributed by atoms with van der Waals surface area (Å²) in [7, 11) is 0. The van der Waals surface area contributed by atoms with Gasteiger partial charge >= 0.3 is 11.9 Å². The summed E-state index contributed by atoms with van der Waals surface area (Å²) < 4.78 is 0. The van der Waals surface area contributed by atoms with Gasteiger partial charge in [-0.1, -0.05) is 102 Å². The van der Waals surface area contributed by atoms with E-state index in [0.29, 0.717) is 11.1 Å². The lowest BCUT2D eigenvalue weighted by atomic mass is 9.98. The molecule has 0 radical (unpaired) electrons. The molecule has 488 valence electrons. The summed E-state index contributed by atoms with van der Waals surface area (Å²) in [5.41, 5.74) is 23.7. The molecule has 2 aromatic carbocycles. The molecule has 0 spiro atoms. The zero-order chi connectivity index (χ0) is 66.7. The third-order valence-electron chi connectivity index (χ3n) is 13.8. The van der Waals surface area contributed by atoms with Crippen molar-refractivity contribution in [3.63, 3.8) is 0 Å². The first kappa shape index (κ1) is 73.9. The molecule has 0 saturated carbocycles. The second-order valence-corrected chi connectivity index (χ2v) is 22.6. The minimum atomic E-state index is -1.95. The maximum Gasteiger partial charge on any atom is 0.305 e. The highest BCUT2D eigenvalue weighted by molar-refractivity contribution is 6.00. The van der Waals surface area contributed by atoms with Crippen LogP contribution >= 0.6 is 0 Å². The average Bonchev–Trinajstić information content (AvgIpc) is 4.24. The van der Waals surface area contributed by atoms with E-state index in [1.165, 1.54) is 33.3 Å². The Hall–Kier alpha value is -9.39. The fourth-order valence-corrected chi connectivity index (χ4v) is 8.95. The Balaban J connectivity index is 1.94. The van der Waals surface area contributed by atoms with Gasteiger partial charge in [-0.25, -0.2) is 4.99 Å². The van der Waals surface area contributed by atoms with Crippen molar-refractivity contribution < 1.29 is 72.9 Å². The molecule has 1 aliphatic rings. The molecule has 10 amide bonds. The molecule has 31 heteroatoms. The number of hydrogen-bond acceptors (Lipinski definition) is 17. The number of carbonyl (C=O) groups is 12. The summed E-state index contributed by atoms with van der Waals surface area (Å²) in [6.07, 6.45) is -1.18. The molecule has 12 atom stereocenters. The van der Waals surface area contributed by atoms with Gasteiger partial charge in [0.25, 0.3) is 0 Å². The minimum absolute atomic E-state index is 0.0267. The predicted molar refractivity (Wildman–Crippen MR) is 325 cm³/mol. The molecule has 0 aliphatic carbocycles. The van der Waals surface area contributed by atoms with Gasteiger partial charge in [-0.2, -0.15) is 0 Å². The monoisotopic (exact) mass is 1250 g/mol. The maximum absolute atomic E-state index is 14.6. The fraction of sp³-hybridized carbons (Fsp3) is 0.534. The van der Waals surface area contributed by atoms with Crippen LogP contribution in [0.15, 0.2) is 75.6 Å². The average molecular weight is 1250 g/mol. The Morgan fingerprint density at radius 2 is 0.921 bits per heavy atom. The molecule has 12 unspecified atom stereocenters. The molecule has 0 bridgehead atoms. The van der Waals surface area contributed by atoms with E-state index in [-0.39, 0.29) is 56.9 Å². The van der Waals surface area contributed by atoms with Crippen molar-refractivity contribution in [3.8, 4) is 0 Å². The lowest BCUT2D eigenvalue weighted by Crippen LogP contribution is -2.62. The smallest absolute Gasteiger partial charge is 0.305 e. The molecule has 0 aromatic heterocycles. The van der Waals surface area contributed by atoms with Gasteiger partial charge in [0.05, 0.1) is 25.0 Å². The molecule has 0 saturated heterocycles. The Bertz CT molecular complexity index is 2860. The number of primary amides is 1. The molecule has 20 N–H and O–H groups in total. The van der Waals surface area contributed by atoms with Crippen LogP contribution in [0.25, 0.3) is 0 Å². The van der Waals surface area contributed by atoms with Crippen LogP contribution < -0.4 is 70.8 Å². The molecule has 89 heavy (non-hydrogen) atoms. The number of carbonyl (C=O) groups excluding carboxylic acids is 10. The van der Waals surface area contributed by atoms with Gasteiger partial charge in [0.2, 0.25) is 59.1 Å². The van der Waals surface area contributed by atoms with E-state index in [9.17, 15) is 72.9 Å². The van der Waals surface area contributed by atoms with Crippen molar-refractivity contribution in [2.75, 3.05) is 6.54 Å². The highest BCUT2D eigenvalue weighted by Crippen LogP contribution is 2.15. The number of nitrogens with two attached hydrogens (primary N) is 4. The first-order valence-corrected chi connectivity index (χ1v) is 28.9. The Labute approximate surface area is 515 Å². The molecule has 3 rings (SSSR count). The SMILES string of the molecule is CC(C)CC(NC(=O)C(Cc1ccccc1)NC(=O)C(NC(=O)C(CC1C=NC=N1)NC(=O)C(CC(=O)O)NC(=O)C(NC(=O)C(CC(=O)O)NC(=O)C(N)C(C)O)C(C)C)C(C)C)C(=O)NC(CCCN=C(N)N)C(=O)NC(Cc1ccccc1)C(N)=O. The third kappa shape index (κ3) is 26.2. The quantitative estimate of drug-likeness (QED) is 0.0175. The number of amides is 10. The third-order valence-corrected chi connectivity index (χ3v) is 13.8. The van der Waals surface area contributed by atoms with E-state index in [2.05, 4.69) is 62.8 Å². The van der Waals surface area contributed by atoms with E-state index < -0.39 is 168 Å². The number of nitrogens with one attached hydrogen (secondary N) is 9. The van der Waals surface area contributed by atoms with Crippen molar-refractivity contribution >= 4 is 89.5 Å². The number of aliphatic carboxylic acids is 2. The van der Waals surface area contributed by atoms with Crippen LogP contribution in [0, 0.1) is 17.8 Å². The second-order valence-electron chi connectivity index (χ2n) is 22.6. The molecule has 1 heterocycles. The summed E-state index contributed by atoms with van der Waals surface area (Å²) >= 11 is 0. The largest absolute Gasteiger partial charge is 0.481 e. The van der Waals surface area contributed by atoms with E-state index in [4.69, 9.17) is 22.9 Å². The van der Waals surface area contributed by atoms with Crippen molar-refractivity contribution in [3.05, 3.63) is 71.8 Å². The van der Waals surface area contributed by atoms with Crippen molar-refractivity contribution in [1.29, 1.82) is 0 Å². The number of benzene rings is 2. The van der Waals surface area contributed by atoms with E-state index in [1.807, 2.05) is 0 Å². The van der Waals surface area contributed by atoms with E-state index in [0.717, 1.165) is 0 Å². The van der Waals surface area contributed by atoms with Gasteiger partial charge in [0, 0.05) is 32.0 Å². The fourth-order valence-electron chi connectivity index (χ4n) is 8.95. The lowest BCUT2D eigenvalue weighted by molar-refractivity contribution is -0.142. The summed E-state index contributed by atoms with van der Waals surface area (Å²) in [6.45, 7) is 10.9. The topological polar surface area (TPSA) is 515 Å². The predicted octanol–water partition coefficient (Wildman–Crippen LogP) is -3.74. The van der Waals surface area contributed by atoms with Gasteiger partial charge < -0.3 is 86.1 Å². The van der Waals surface area contributed by atoms with Crippen LogP contribution in [-0.4, -0.2) is 184 Å². The summed E-state index contributed by atoms with van der Waals surface area (Å²) in [5, 5.41) is 51.7. The van der Waals surface area contributed by atoms with Gasteiger partial charge in [0.1, 0.15) is 66.8 Å². The molecule has 31 nitrogen and oxygen atoms in total. The number of carboxylic acid groups (broad SMARTS) is 2. The number of aliphatic imine (C=N–C) groups is 3. The number of hydrogen-bond donors (Lipinski definition) is 16. The van der Waals surface area contributed by atoms with Crippen molar-refractivity contribution in [2.45, 2.75) is 172 Å². The normalized spacial score (nSPS) is 16.2. The highest BCUT2D eigenvalue weighted by atomic mass is 16.4.